The molecule has 3 rings (SSSR count). The highest BCUT2D eigenvalue weighted by molar-refractivity contribution is 7.88. The van der Waals surface area contributed by atoms with Gasteiger partial charge in [-0.3, -0.25) is 4.79 Å². The Hall–Kier alpha value is -2.39. The van der Waals surface area contributed by atoms with E-state index in [1.165, 1.54) is 0 Å². The molecule has 1 N–H and O–H groups in total. The van der Waals surface area contributed by atoms with Gasteiger partial charge in [-0.1, -0.05) is 18.2 Å². The van der Waals surface area contributed by atoms with Crippen molar-refractivity contribution in [2.75, 3.05) is 26.0 Å². The fourth-order valence-corrected chi connectivity index (χ4v) is 3.43. The predicted octanol–water partition coefficient (Wildman–Crippen LogP) is 0.703. The summed E-state index contributed by atoms with van der Waals surface area (Å²) in [5.74, 6) is 0.531. The standard InChI is InChI=1S/C17H22N4O4S/c1-13-5-3-4-6-16(13)25-11-17(22)20-9-14-7-18-12-21(14)15(10-20)8-19-26(2,23)24/h3-7,12,15,19H,8-11H2,1-2H3/t15-/m0/s1. The van der Waals surface area contributed by atoms with Crippen molar-refractivity contribution in [2.24, 2.45) is 0 Å². The maximum Gasteiger partial charge on any atom is 0.260 e. The summed E-state index contributed by atoms with van der Waals surface area (Å²) in [4.78, 5) is 18.4. The number of sulfonamides is 1. The molecule has 8 nitrogen and oxygen atoms in total. The number of carbonyl (C=O) groups excluding carboxylic acids is 1. The fraction of sp³-hybridized carbons (Fsp3) is 0.412. The molecule has 0 saturated heterocycles. The summed E-state index contributed by atoms with van der Waals surface area (Å²) in [5.41, 5.74) is 1.83. The van der Waals surface area contributed by atoms with E-state index in [1.807, 2.05) is 35.8 Å². The number of imidazole rings is 1. The second kappa shape index (κ2) is 7.46. The Bertz CT molecular complexity index is 894. The van der Waals surface area contributed by atoms with E-state index < -0.39 is 10.0 Å². The van der Waals surface area contributed by atoms with Crippen molar-refractivity contribution >= 4 is 15.9 Å². The molecule has 9 heteroatoms. The molecule has 0 radical (unpaired) electrons. The number of rotatable bonds is 6. The van der Waals surface area contributed by atoms with Crippen LogP contribution in [0.3, 0.4) is 0 Å². The number of ether oxygens (including phenoxy) is 1. The number of nitrogens with one attached hydrogen (secondary N) is 1. The number of hydrogen-bond donors (Lipinski definition) is 1. The molecule has 140 valence electrons. The third kappa shape index (κ3) is 4.41. The molecule has 26 heavy (non-hydrogen) atoms. The number of carbonyl (C=O) groups is 1. The summed E-state index contributed by atoms with van der Waals surface area (Å²) in [5, 5.41) is 0. The number of amides is 1. The van der Waals surface area contributed by atoms with Crippen molar-refractivity contribution < 1.29 is 17.9 Å². The Balaban J connectivity index is 1.66. The molecule has 0 saturated carbocycles. The smallest absolute Gasteiger partial charge is 0.260 e. The molecule has 0 unspecified atom stereocenters. The Morgan fingerprint density at radius 1 is 1.38 bits per heavy atom. The molecule has 1 aliphatic rings. The van der Waals surface area contributed by atoms with Gasteiger partial charge in [-0.15, -0.1) is 0 Å². The number of hydrogen-bond acceptors (Lipinski definition) is 5. The van der Waals surface area contributed by atoms with Gasteiger partial charge < -0.3 is 14.2 Å². The quantitative estimate of drug-likeness (QED) is 0.799. The van der Waals surface area contributed by atoms with Crippen LogP contribution in [0, 0.1) is 6.92 Å². The SMILES string of the molecule is Cc1ccccc1OCC(=O)N1Cc2cncn2[C@@H](CNS(C)(=O)=O)C1. The Morgan fingerprint density at radius 3 is 2.88 bits per heavy atom. The van der Waals surface area contributed by atoms with Gasteiger partial charge in [0, 0.05) is 19.3 Å². The third-order valence-electron chi connectivity index (χ3n) is 4.30. The summed E-state index contributed by atoms with van der Waals surface area (Å²) < 4.78 is 32.8. The van der Waals surface area contributed by atoms with E-state index in [0.717, 1.165) is 17.5 Å². The average Bonchev–Trinajstić information content (AvgIpc) is 3.06. The van der Waals surface area contributed by atoms with Crippen LogP contribution in [0.1, 0.15) is 17.3 Å². The first-order chi connectivity index (χ1) is 12.3. The monoisotopic (exact) mass is 378 g/mol. The fourth-order valence-electron chi connectivity index (χ4n) is 2.94. The van der Waals surface area contributed by atoms with E-state index in [1.54, 1.807) is 17.4 Å². The largest absolute Gasteiger partial charge is 0.484 e. The number of para-hydroxylation sites is 1. The van der Waals surface area contributed by atoms with Gasteiger partial charge in [-0.25, -0.2) is 18.1 Å². The van der Waals surface area contributed by atoms with Crippen molar-refractivity contribution in [1.29, 1.82) is 0 Å². The van der Waals surface area contributed by atoms with Crippen molar-refractivity contribution in [3.63, 3.8) is 0 Å². The van der Waals surface area contributed by atoms with Gasteiger partial charge in [0.1, 0.15) is 5.75 Å². The van der Waals surface area contributed by atoms with E-state index in [2.05, 4.69) is 9.71 Å². The van der Waals surface area contributed by atoms with E-state index in [4.69, 9.17) is 4.74 Å². The highest BCUT2D eigenvalue weighted by atomic mass is 32.2. The molecule has 0 spiro atoms. The number of aryl methyl sites for hydroxylation is 1. The third-order valence-corrected chi connectivity index (χ3v) is 4.99. The van der Waals surface area contributed by atoms with Crippen molar-refractivity contribution in [3.8, 4) is 5.75 Å². The second-order valence-electron chi connectivity index (χ2n) is 6.40. The van der Waals surface area contributed by atoms with Crippen LogP contribution in [0.4, 0.5) is 0 Å². The van der Waals surface area contributed by atoms with Crippen molar-refractivity contribution in [3.05, 3.63) is 48.0 Å². The van der Waals surface area contributed by atoms with Crippen LogP contribution >= 0.6 is 0 Å². The molecule has 2 aromatic rings. The molecule has 1 aromatic carbocycles. The lowest BCUT2D eigenvalue weighted by Crippen LogP contribution is -2.46. The van der Waals surface area contributed by atoms with Crippen LogP contribution < -0.4 is 9.46 Å². The van der Waals surface area contributed by atoms with Gasteiger partial charge in [0.05, 0.1) is 30.9 Å². The number of aromatic nitrogens is 2. The molecule has 0 bridgehead atoms. The van der Waals surface area contributed by atoms with Crippen LogP contribution in [-0.4, -0.2) is 54.7 Å². The van der Waals surface area contributed by atoms with Gasteiger partial charge in [0.25, 0.3) is 5.91 Å². The van der Waals surface area contributed by atoms with Gasteiger partial charge in [0.2, 0.25) is 10.0 Å². The van der Waals surface area contributed by atoms with Crippen LogP contribution in [0.25, 0.3) is 0 Å². The molecule has 1 amide bonds. The van der Waals surface area contributed by atoms with Gasteiger partial charge >= 0.3 is 0 Å². The summed E-state index contributed by atoms with van der Waals surface area (Å²) in [6.07, 6.45) is 4.47. The number of fused-ring (bicyclic) bond motifs is 1. The lowest BCUT2D eigenvalue weighted by molar-refractivity contribution is -0.135. The zero-order valence-electron chi connectivity index (χ0n) is 14.8. The summed E-state index contributed by atoms with van der Waals surface area (Å²) >= 11 is 0. The first kappa shape index (κ1) is 18.4. The van der Waals surface area contributed by atoms with Crippen molar-refractivity contribution in [2.45, 2.75) is 19.5 Å². The highest BCUT2D eigenvalue weighted by Gasteiger charge is 2.28. The molecule has 2 heterocycles. The van der Waals surface area contributed by atoms with Gasteiger partial charge in [-0.2, -0.15) is 0 Å². The first-order valence-electron chi connectivity index (χ1n) is 8.25. The van der Waals surface area contributed by atoms with Crippen LogP contribution in [0.2, 0.25) is 0 Å². The minimum atomic E-state index is -3.31. The van der Waals surface area contributed by atoms with Crippen molar-refractivity contribution in [1.82, 2.24) is 19.2 Å². The van der Waals surface area contributed by atoms with Crippen LogP contribution in [-0.2, 0) is 21.4 Å². The maximum absolute atomic E-state index is 12.6. The molecule has 1 aromatic heterocycles. The second-order valence-corrected chi connectivity index (χ2v) is 8.23. The zero-order valence-corrected chi connectivity index (χ0v) is 15.6. The number of nitrogens with zero attached hydrogens (tertiary/aromatic N) is 3. The first-order valence-corrected chi connectivity index (χ1v) is 10.1. The highest BCUT2D eigenvalue weighted by Crippen LogP contribution is 2.21. The molecule has 0 aliphatic carbocycles. The molecular formula is C17H22N4O4S. The van der Waals surface area contributed by atoms with E-state index >= 15 is 0 Å². The normalized spacial score (nSPS) is 17.0. The van der Waals surface area contributed by atoms with E-state index in [-0.39, 0.29) is 25.1 Å². The topological polar surface area (TPSA) is 93.5 Å². The van der Waals surface area contributed by atoms with Crippen LogP contribution in [0.5, 0.6) is 5.75 Å². The number of benzene rings is 1. The summed E-state index contributed by atoms with van der Waals surface area (Å²) in [6, 6.07) is 7.31. The summed E-state index contributed by atoms with van der Waals surface area (Å²) in [7, 11) is -3.31. The average molecular weight is 378 g/mol. The zero-order chi connectivity index (χ0) is 18.7. The Labute approximate surface area is 152 Å². The Kier molecular flexibility index (Phi) is 5.28. The molecule has 1 atom stereocenters. The minimum absolute atomic E-state index is 0.0643. The maximum atomic E-state index is 12.6. The van der Waals surface area contributed by atoms with E-state index in [0.29, 0.717) is 18.8 Å². The van der Waals surface area contributed by atoms with E-state index in [9.17, 15) is 13.2 Å². The summed E-state index contributed by atoms with van der Waals surface area (Å²) in [6.45, 7) is 2.87. The minimum Gasteiger partial charge on any atom is -0.484 e. The lowest BCUT2D eigenvalue weighted by atomic mass is 10.2. The van der Waals surface area contributed by atoms with Gasteiger partial charge in [0.15, 0.2) is 6.61 Å². The van der Waals surface area contributed by atoms with Crippen LogP contribution in [0.15, 0.2) is 36.8 Å². The molecular weight excluding hydrogens is 356 g/mol. The molecule has 1 aliphatic heterocycles. The lowest BCUT2D eigenvalue weighted by Gasteiger charge is -2.34. The Morgan fingerprint density at radius 2 is 2.15 bits per heavy atom. The van der Waals surface area contributed by atoms with Gasteiger partial charge in [-0.05, 0) is 18.6 Å². The molecule has 0 fully saturated rings. The predicted molar refractivity (Wildman–Crippen MR) is 96.2 cm³/mol.